The van der Waals surface area contributed by atoms with Crippen molar-refractivity contribution < 1.29 is 18.3 Å². The van der Waals surface area contributed by atoms with Crippen molar-refractivity contribution in [2.24, 2.45) is 5.92 Å². The highest BCUT2D eigenvalue weighted by Crippen LogP contribution is 2.21. The molecule has 0 bridgehead atoms. The first-order chi connectivity index (χ1) is 9.19. The Bertz CT molecular complexity index is 600. The van der Waals surface area contributed by atoms with Gasteiger partial charge in [0.1, 0.15) is 6.04 Å². The Labute approximate surface area is 127 Å². The predicted octanol–water partition coefficient (Wildman–Crippen LogP) is 2.54. The monoisotopic (exact) mass is 363 g/mol. The second-order valence-corrected chi connectivity index (χ2v) is 7.30. The molecule has 1 rings (SSSR count). The van der Waals surface area contributed by atoms with Gasteiger partial charge in [-0.25, -0.2) is 8.42 Å². The quantitative estimate of drug-likeness (QED) is 0.813. The fourth-order valence-corrected chi connectivity index (χ4v) is 3.29. The zero-order chi connectivity index (χ0) is 15.5. The third kappa shape index (κ3) is 4.04. The van der Waals surface area contributed by atoms with Crippen molar-refractivity contribution in [1.29, 1.82) is 0 Å². The predicted molar refractivity (Wildman–Crippen MR) is 80.1 cm³/mol. The van der Waals surface area contributed by atoms with Crippen LogP contribution >= 0.6 is 15.9 Å². The maximum Gasteiger partial charge on any atom is 0.322 e. The molecule has 7 heteroatoms. The molecular weight excluding hydrogens is 346 g/mol. The van der Waals surface area contributed by atoms with E-state index < -0.39 is 22.0 Å². The smallest absolute Gasteiger partial charge is 0.322 e. The van der Waals surface area contributed by atoms with Crippen molar-refractivity contribution in [3.05, 3.63) is 28.2 Å². The minimum Gasteiger partial charge on any atom is -0.480 e. The molecule has 0 aliphatic heterocycles. The van der Waals surface area contributed by atoms with Crippen LogP contribution in [-0.2, 0) is 14.8 Å². The first-order valence-corrected chi connectivity index (χ1v) is 8.48. The number of aryl methyl sites for hydroxylation is 1. The number of hydrogen-bond acceptors (Lipinski definition) is 3. The molecule has 112 valence electrons. The van der Waals surface area contributed by atoms with Gasteiger partial charge in [-0.05, 0) is 36.6 Å². The number of nitrogens with one attached hydrogen (secondary N) is 1. The van der Waals surface area contributed by atoms with Crippen molar-refractivity contribution in [1.82, 2.24) is 4.72 Å². The van der Waals surface area contributed by atoms with Gasteiger partial charge in [0.2, 0.25) is 10.0 Å². The summed E-state index contributed by atoms with van der Waals surface area (Å²) >= 11 is 3.30. The van der Waals surface area contributed by atoms with Crippen molar-refractivity contribution in [3.8, 4) is 0 Å². The molecular formula is C13H18BrNO4S. The van der Waals surface area contributed by atoms with Crippen LogP contribution in [-0.4, -0.2) is 25.5 Å². The number of benzene rings is 1. The molecule has 0 amide bonds. The van der Waals surface area contributed by atoms with E-state index in [2.05, 4.69) is 20.7 Å². The van der Waals surface area contributed by atoms with E-state index in [-0.39, 0.29) is 10.8 Å². The fourth-order valence-electron chi connectivity index (χ4n) is 1.67. The Balaban J connectivity index is 3.09. The summed E-state index contributed by atoms with van der Waals surface area (Å²) in [7, 11) is -3.85. The highest BCUT2D eigenvalue weighted by Gasteiger charge is 2.29. The molecule has 0 aliphatic carbocycles. The molecule has 1 aromatic carbocycles. The zero-order valence-corrected chi connectivity index (χ0v) is 14.0. The number of carbonyl (C=O) groups is 1. The lowest BCUT2D eigenvalue weighted by molar-refractivity contribution is -0.140. The number of carboxylic acids is 1. The van der Waals surface area contributed by atoms with Crippen LogP contribution in [0.25, 0.3) is 0 Å². The summed E-state index contributed by atoms with van der Waals surface area (Å²) in [6.45, 7) is 5.29. The summed E-state index contributed by atoms with van der Waals surface area (Å²) in [5.74, 6) is -1.46. The molecule has 0 aromatic heterocycles. The van der Waals surface area contributed by atoms with Crippen molar-refractivity contribution in [3.63, 3.8) is 0 Å². The fraction of sp³-hybridized carbons (Fsp3) is 0.462. The average Bonchev–Trinajstić information content (AvgIpc) is 2.38. The standard InChI is InChI=1S/C13H18BrNO4S/c1-4-8(2)12(13(16)17)15-20(18,19)10-5-6-11(14)9(3)7-10/h5-8,12,15H,4H2,1-3H3,(H,16,17)/t8?,12-/m0/s1. The Morgan fingerprint density at radius 2 is 2.05 bits per heavy atom. The third-order valence-corrected chi connectivity index (χ3v) is 5.53. The van der Waals surface area contributed by atoms with Gasteiger partial charge in [-0.3, -0.25) is 4.79 Å². The maximum absolute atomic E-state index is 12.2. The summed E-state index contributed by atoms with van der Waals surface area (Å²) in [4.78, 5) is 11.3. The Hall–Kier alpha value is -0.920. The van der Waals surface area contributed by atoms with Crippen LogP contribution in [0.1, 0.15) is 25.8 Å². The highest BCUT2D eigenvalue weighted by atomic mass is 79.9. The molecule has 1 unspecified atom stereocenters. The van der Waals surface area contributed by atoms with E-state index in [1.807, 2.05) is 6.92 Å². The minimum absolute atomic E-state index is 0.0627. The van der Waals surface area contributed by atoms with Crippen LogP contribution in [0.4, 0.5) is 0 Å². The van der Waals surface area contributed by atoms with Crippen molar-refractivity contribution in [2.45, 2.75) is 38.1 Å². The first-order valence-electron chi connectivity index (χ1n) is 6.20. The van der Waals surface area contributed by atoms with Crippen LogP contribution < -0.4 is 4.72 Å². The molecule has 0 fully saturated rings. The zero-order valence-electron chi connectivity index (χ0n) is 11.6. The van der Waals surface area contributed by atoms with Gasteiger partial charge in [-0.2, -0.15) is 4.72 Å². The van der Waals surface area contributed by atoms with Gasteiger partial charge in [-0.15, -0.1) is 0 Å². The molecule has 0 heterocycles. The number of aliphatic carboxylic acids is 1. The molecule has 0 saturated carbocycles. The number of rotatable bonds is 6. The largest absolute Gasteiger partial charge is 0.480 e. The molecule has 20 heavy (non-hydrogen) atoms. The van der Waals surface area contributed by atoms with Crippen LogP contribution in [0.5, 0.6) is 0 Å². The molecule has 5 nitrogen and oxygen atoms in total. The van der Waals surface area contributed by atoms with E-state index in [0.717, 1.165) is 10.0 Å². The minimum atomic E-state index is -3.85. The van der Waals surface area contributed by atoms with Gasteiger partial charge in [0.15, 0.2) is 0 Å². The van der Waals surface area contributed by atoms with Gasteiger partial charge < -0.3 is 5.11 Å². The maximum atomic E-state index is 12.2. The molecule has 0 saturated heterocycles. The van der Waals surface area contributed by atoms with E-state index in [4.69, 9.17) is 5.11 Å². The van der Waals surface area contributed by atoms with Gasteiger partial charge in [0, 0.05) is 4.47 Å². The number of sulfonamides is 1. The second-order valence-electron chi connectivity index (χ2n) is 4.73. The Kier molecular flexibility index (Phi) is 5.73. The van der Waals surface area contributed by atoms with Crippen LogP contribution in [0.3, 0.4) is 0 Å². The molecule has 0 spiro atoms. The average molecular weight is 364 g/mol. The van der Waals surface area contributed by atoms with E-state index in [1.54, 1.807) is 19.9 Å². The summed E-state index contributed by atoms with van der Waals surface area (Å²) in [5.41, 5.74) is 0.767. The lowest BCUT2D eigenvalue weighted by Crippen LogP contribution is -2.44. The van der Waals surface area contributed by atoms with Gasteiger partial charge in [0.05, 0.1) is 4.90 Å². The highest BCUT2D eigenvalue weighted by molar-refractivity contribution is 9.10. The third-order valence-electron chi connectivity index (χ3n) is 3.20. The molecule has 2 N–H and O–H groups in total. The van der Waals surface area contributed by atoms with Crippen molar-refractivity contribution >= 4 is 31.9 Å². The summed E-state index contributed by atoms with van der Waals surface area (Å²) in [5, 5.41) is 9.15. The molecule has 2 atom stereocenters. The molecule has 0 aliphatic rings. The van der Waals surface area contributed by atoms with Gasteiger partial charge in [0.25, 0.3) is 0 Å². The van der Waals surface area contributed by atoms with Gasteiger partial charge in [-0.1, -0.05) is 36.2 Å². The van der Waals surface area contributed by atoms with Crippen molar-refractivity contribution in [2.75, 3.05) is 0 Å². The van der Waals surface area contributed by atoms with E-state index in [9.17, 15) is 13.2 Å². The lowest BCUT2D eigenvalue weighted by atomic mass is 10.0. The molecule has 1 aromatic rings. The number of halogens is 1. The summed E-state index contributed by atoms with van der Waals surface area (Å²) in [6, 6.07) is 3.44. The summed E-state index contributed by atoms with van der Waals surface area (Å²) in [6.07, 6.45) is 0.568. The SMILES string of the molecule is CCC(C)[C@H](NS(=O)(=O)c1ccc(Br)c(C)c1)C(=O)O. The normalized spacial score (nSPS) is 14.8. The second kappa shape index (κ2) is 6.69. The molecule has 0 radical (unpaired) electrons. The van der Waals surface area contributed by atoms with Crippen LogP contribution in [0.15, 0.2) is 27.6 Å². The number of hydrogen-bond donors (Lipinski definition) is 2. The number of carboxylic acid groups (broad SMARTS) is 1. The van der Waals surface area contributed by atoms with Gasteiger partial charge >= 0.3 is 5.97 Å². The topological polar surface area (TPSA) is 83.5 Å². The Morgan fingerprint density at radius 1 is 1.45 bits per heavy atom. The van der Waals surface area contributed by atoms with E-state index >= 15 is 0 Å². The van der Waals surface area contributed by atoms with Crippen LogP contribution in [0.2, 0.25) is 0 Å². The van der Waals surface area contributed by atoms with E-state index in [1.165, 1.54) is 12.1 Å². The van der Waals surface area contributed by atoms with Crippen LogP contribution in [0, 0.1) is 12.8 Å². The van der Waals surface area contributed by atoms with E-state index in [0.29, 0.717) is 6.42 Å². The lowest BCUT2D eigenvalue weighted by Gasteiger charge is -2.20. The Morgan fingerprint density at radius 3 is 2.50 bits per heavy atom. The first kappa shape index (κ1) is 17.1. The summed E-state index contributed by atoms with van der Waals surface area (Å²) < 4.78 is 27.5.